The van der Waals surface area contributed by atoms with Gasteiger partial charge in [-0.2, -0.15) is 19.6 Å². The maximum absolute atomic E-state index is 5.38. The lowest BCUT2D eigenvalue weighted by molar-refractivity contribution is 0.354. The minimum absolute atomic E-state index is 0.253. The minimum Gasteiger partial charge on any atom is -0.356 e. The summed E-state index contributed by atoms with van der Waals surface area (Å²) in [6.07, 6.45) is 3.69. The van der Waals surface area contributed by atoms with Gasteiger partial charge < -0.3 is 9.42 Å². The van der Waals surface area contributed by atoms with Gasteiger partial charge in [-0.25, -0.2) is 4.98 Å². The van der Waals surface area contributed by atoms with E-state index in [1.54, 1.807) is 10.8 Å². The lowest BCUT2D eigenvalue weighted by Crippen LogP contribution is -2.36. The van der Waals surface area contributed by atoms with Crippen LogP contribution in [0.25, 0.3) is 5.78 Å². The second kappa shape index (κ2) is 5.85. The molecule has 3 aromatic rings. The van der Waals surface area contributed by atoms with Gasteiger partial charge in [0, 0.05) is 36.7 Å². The molecule has 126 valence electrons. The van der Waals surface area contributed by atoms with Crippen molar-refractivity contribution in [2.75, 3.05) is 18.0 Å². The molecule has 4 rings (SSSR count). The van der Waals surface area contributed by atoms with Crippen LogP contribution in [0.3, 0.4) is 0 Å². The highest BCUT2D eigenvalue weighted by Gasteiger charge is 2.27. The van der Waals surface area contributed by atoms with Crippen molar-refractivity contribution in [3.63, 3.8) is 0 Å². The third kappa shape index (κ3) is 2.61. The van der Waals surface area contributed by atoms with Crippen molar-refractivity contribution in [2.24, 2.45) is 0 Å². The Balaban J connectivity index is 1.63. The molecule has 1 atom stereocenters. The quantitative estimate of drug-likeness (QED) is 0.729. The molecule has 0 saturated carbocycles. The maximum Gasteiger partial charge on any atom is 0.254 e. The van der Waals surface area contributed by atoms with Crippen LogP contribution in [0.15, 0.2) is 16.9 Å². The Kier molecular flexibility index (Phi) is 3.66. The van der Waals surface area contributed by atoms with Crippen LogP contribution in [0, 0.1) is 6.92 Å². The van der Waals surface area contributed by atoms with Crippen molar-refractivity contribution in [2.45, 2.75) is 45.4 Å². The van der Waals surface area contributed by atoms with E-state index in [2.05, 4.69) is 50.0 Å². The predicted octanol–water partition coefficient (Wildman–Crippen LogP) is 2.32. The molecule has 3 aromatic heterocycles. The first-order valence-corrected chi connectivity index (χ1v) is 8.37. The largest absolute Gasteiger partial charge is 0.356 e. The summed E-state index contributed by atoms with van der Waals surface area (Å²) in [5, 5.41) is 8.51. The number of piperidine rings is 1. The molecule has 1 saturated heterocycles. The van der Waals surface area contributed by atoms with E-state index in [1.807, 2.05) is 6.92 Å². The molecule has 4 heterocycles. The first kappa shape index (κ1) is 15.0. The number of fused-ring (bicyclic) bond motifs is 1. The second-order valence-corrected chi connectivity index (χ2v) is 6.66. The van der Waals surface area contributed by atoms with E-state index >= 15 is 0 Å². The molecule has 0 bridgehead atoms. The van der Waals surface area contributed by atoms with Crippen molar-refractivity contribution in [3.05, 3.63) is 29.8 Å². The molecule has 1 aliphatic heterocycles. The molecule has 1 aliphatic rings. The Morgan fingerprint density at radius 1 is 1.29 bits per heavy atom. The number of hydrogen-bond acceptors (Lipinski definition) is 7. The Morgan fingerprint density at radius 2 is 2.17 bits per heavy atom. The molecule has 0 unspecified atom stereocenters. The predicted molar refractivity (Wildman–Crippen MR) is 88.1 cm³/mol. The van der Waals surface area contributed by atoms with E-state index in [0.29, 0.717) is 11.7 Å². The highest BCUT2D eigenvalue weighted by Crippen LogP contribution is 2.29. The van der Waals surface area contributed by atoms with Crippen molar-refractivity contribution >= 4 is 11.6 Å². The monoisotopic (exact) mass is 327 g/mol. The van der Waals surface area contributed by atoms with Gasteiger partial charge in [-0.1, -0.05) is 19.0 Å². The smallest absolute Gasteiger partial charge is 0.254 e. The molecule has 0 radical (unpaired) electrons. The molecule has 24 heavy (non-hydrogen) atoms. The fourth-order valence-electron chi connectivity index (χ4n) is 3.18. The van der Waals surface area contributed by atoms with Gasteiger partial charge in [-0.15, -0.1) is 0 Å². The van der Waals surface area contributed by atoms with Crippen LogP contribution in [0.4, 0.5) is 5.82 Å². The van der Waals surface area contributed by atoms with Crippen LogP contribution in [-0.4, -0.2) is 42.8 Å². The molecular weight excluding hydrogens is 306 g/mol. The van der Waals surface area contributed by atoms with Crippen molar-refractivity contribution < 1.29 is 4.52 Å². The van der Waals surface area contributed by atoms with Crippen LogP contribution >= 0.6 is 0 Å². The van der Waals surface area contributed by atoms with Crippen LogP contribution in [-0.2, 0) is 0 Å². The van der Waals surface area contributed by atoms with Gasteiger partial charge in [0.15, 0.2) is 5.82 Å². The fourth-order valence-corrected chi connectivity index (χ4v) is 3.18. The highest BCUT2D eigenvalue weighted by molar-refractivity contribution is 5.47. The van der Waals surface area contributed by atoms with Crippen molar-refractivity contribution in [1.29, 1.82) is 0 Å². The van der Waals surface area contributed by atoms with Gasteiger partial charge in [-0.05, 0) is 19.8 Å². The van der Waals surface area contributed by atoms with E-state index in [4.69, 9.17) is 4.52 Å². The standard InChI is InChI=1S/C16H21N7O/c1-10(2)15-20-14(21-24-15)12-5-4-6-22(8-12)13-7-11(3)19-16-17-9-18-23(13)16/h7,9-10,12H,4-6,8H2,1-3H3/t12-/m0/s1. The molecule has 8 nitrogen and oxygen atoms in total. The number of aromatic nitrogens is 6. The number of rotatable bonds is 3. The molecular formula is C16H21N7O. The average Bonchev–Trinajstić information content (AvgIpc) is 3.23. The molecule has 8 heteroatoms. The topological polar surface area (TPSA) is 85.2 Å². The second-order valence-electron chi connectivity index (χ2n) is 6.66. The summed E-state index contributed by atoms with van der Waals surface area (Å²) in [6, 6.07) is 2.06. The summed E-state index contributed by atoms with van der Waals surface area (Å²) in [4.78, 5) is 15.5. The third-order valence-corrected chi connectivity index (χ3v) is 4.42. The number of anilines is 1. The summed E-state index contributed by atoms with van der Waals surface area (Å²) in [5.41, 5.74) is 0.939. The summed E-state index contributed by atoms with van der Waals surface area (Å²) in [6.45, 7) is 7.92. The van der Waals surface area contributed by atoms with Crippen molar-refractivity contribution in [3.8, 4) is 0 Å². The summed E-state index contributed by atoms with van der Waals surface area (Å²) >= 11 is 0. The van der Waals surface area contributed by atoms with E-state index in [-0.39, 0.29) is 11.8 Å². The Bertz CT molecular complexity index is 853. The third-order valence-electron chi connectivity index (χ3n) is 4.42. The number of hydrogen-bond donors (Lipinski definition) is 0. The summed E-state index contributed by atoms with van der Waals surface area (Å²) < 4.78 is 7.18. The highest BCUT2D eigenvalue weighted by atomic mass is 16.5. The van der Waals surface area contributed by atoms with E-state index in [0.717, 1.165) is 43.3 Å². The lowest BCUT2D eigenvalue weighted by Gasteiger charge is -2.32. The Hall–Kier alpha value is -2.51. The van der Waals surface area contributed by atoms with Gasteiger partial charge in [0.25, 0.3) is 5.78 Å². The first-order valence-electron chi connectivity index (χ1n) is 8.37. The molecule has 0 aromatic carbocycles. The molecule has 0 N–H and O–H groups in total. The molecule has 0 spiro atoms. The normalized spacial score (nSPS) is 18.7. The van der Waals surface area contributed by atoms with E-state index < -0.39 is 0 Å². The van der Waals surface area contributed by atoms with Crippen LogP contribution in [0.5, 0.6) is 0 Å². The molecule has 0 aliphatic carbocycles. The van der Waals surface area contributed by atoms with Crippen LogP contribution in [0.2, 0.25) is 0 Å². The zero-order valence-corrected chi connectivity index (χ0v) is 14.2. The Morgan fingerprint density at radius 3 is 2.96 bits per heavy atom. The van der Waals surface area contributed by atoms with Gasteiger partial charge in [-0.3, -0.25) is 0 Å². The van der Waals surface area contributed by atoms with Gasteiger partial charge in [0.1, 0.15) is 12.1 Å². The van der Waals surface area contributed by atoms with Gasteiger partial charge in [0.2, 0.25) is 5.89 Å². The lowest BCUT2D eigenvalue weighted by atomic mass is 9.97. The zero-order chi connectivity index (χ0) is 16.7. The van der Waals surface area contributed by atoms with Crippen LogP contribution < -0.4 is 4.90 Å². The minimum atomic E-state index is 0.253. The summed E-state index contributed by atoms with van der Waals surface area (Å²) in [5.74, 6) is 3.69. The van der Waals surface area contributed by atoms with Crippen molar-refractivity contribution in [1.82, 2.24) is 29.7 Å². The number of aryl methyl sites for hydroxylation is 1. The van der Waals surface area contributed by atoms with E-state index in [1.165, 1.54) is 0 Å². The van der Waals surface area contributed by atoms with Gasteiger partial charge in [0.05, 0.1) is 0 Å². The van der Waals surface area contributed by atoms with Gasteiger partial charge >= 0.3 is 0 Å². The Labute approximate surface area is 139 Å². The van der Waals surface area contributed by atoms with Crippen LogP contribution in [0.1, 0.15) is 55.9 Å². The molecule has 1 fully saturated rings. The number of nitrogens with zero attached hydrogens (tertiary/aromatic N) is 7. The summed E-state index contributed by atoms with van der Waals surface area (Å²) in [7, 11) is 0. The average molecular weight is 327 g/mol. The van der Waals surface area contributed by atoms with E-state index in [9.17, 15) is 0 Å². The fraction of sp³-hybridized carbons (Fsp3) is 0.562. The SMILES string of the molecule is Cc1cc(N2CCC[C@H](c3noc(C(C)C)n3)C2)n2ncnc2n1. The first-order chi connectivity index (χ1) is 11.6. The maximum atomic E-state index is 5.38. The molecule has 0 amide bonds. The zero-order valence-electron chi connectivity index (χ0n) is 14.2.